The molecule has 0 aromatic carbocycles. The third-order valence-electron chi connectivity index (χ3n) is 2.77. The SMILES string of the molecule is CCCCC[C@@H](C[C@H](CCO)OC(C)=O)OC(C)=O. The maximum Gasteiger partial charge on any atom is 0.302 e. The normalized spacial score (nSPS) is 13.7. The summed E-state index contributed by atoms with van der Waals surface area (Å²) in [5.41, 5.74) is 0. The summed E-state index contributed by atoms with van der Waals surface area (Å²) in [5, 5.41) is 8.96. The van der Waals surface area contributed by atoms with Gasteiger partial charge in [-0.2, -0.15) is 0 Å². The van der Waals surface area contributed by atoms with Crippen LogP contribution in [0.4, 0.5) is 0 Å². The van der Waals surface area contributed by atoms with E-state index in [1.165, 1.54) is 13.8 Å². The molecular weight excluding hydrogens is 248 g/mol. The molecule has 0 saturated carbocycles. The first kappa shape index (κ1) is 17.9. The lowest BCUT2D eigenvalue weighted by atomic mass is 10.0. The lowest BCUT2D eigenvalue weighted by Crippen LogP contribution is -2.27. The van der Waals surface area contributed by atoms with Gasteiger partial charge in [0.25, 0.3) is 0 Å². The van der Waals surface area contributed by atoms with Gasteiger partial charge in [0.1, 0.15) is 12.2 Å². The molecule has 0 aliphatic rings. The molecule has 0 aliphatic carbocycles. The molecule has 19 heavy (non-hydrogen) atoms. The van der Waals surface area contributed by atoms with Gasteiger partial charge in [0, 0.05) is 33.3 Å². The summed E-state index contributed by atoms with van der Waals surface area (Å²) in [4.78, 5) is 22.1. The van der Waals surface area contributed by atoms with Crippen molar-refractivity contribution < 1.29 is 24.2 Å². The molecule has 5 heteroatoms. The van der Waals surface area contributed by atoms with Gasteiger partial charge >= 0.3 is 11.9 Å². The van der Waals surface area contributed by atoms with Crippen molar-refractivity contribution in [1.29, 1.82) is 0 Å². The zero-order valence-electron chi connectivity index (χ0n) is 12.2. The molecule has 0 spiro atoms. The summed E-state index contributed by atoms with van der Waals surface area (Å²) in [7, 11) is 0. The van der Waals surface area contributed by atoms with E-state index in [4.69, 9.17) is 14.6 Å². The maximum absolute atomic E-state index is 11.1. The predicted molar refractivity (Wildman–Crippen MR) is 71.6 cm³/mol. The molecular formula is C14H26O5. The summed E-state index contributed by atoms with van der Waals surface area (Å²) in [6.07, 6.45) is 4.08. The van der Waals surface area contributed by atoms with Crippen LogP contribution in [0.5, 0.6) is 0 Å². The van der Waals surface area contributed by atoms with Crippen LogP contribution in [-0.4, -0.2) is 35.9 Å². The Morgan fingerprint density at radius 3 is 1.95 bits per heavy atom. The van der Waals surface area contributed by atoms with Crippen molar-refractivity contribution in [2.75, 3.05) is 6.61 Å². The van der Waals surface area contributed by atoms with E-state index < -0.39 is 6.10 Å². The highest BCUT2D eigenvalue weighted by Crippen LogP contribution is 2.16. The predicted octanol–water partition coefficient (Wildman–Crippen LogP) is 2.20. The third kappa shape index (κ3) is 10.5. The Hall–Kier alpha value is -1.10. The Bertz CT molecular complexity index is 265. The van der Waals surface area contributed by atoms with E-state index in [-0.39, 0.29) is 24.6 Å². The van der Waals surface area contributed by atoms with Crippen molar-refractivity contribution in [2.24, 2.45) is 0 Å². The van der Waals surface area contributed by atoms with E-state index in [1.54, 1.807) is 0 Å². The minimum absolute atomic E-state index is 0.0559. The molecule has 0 unspecified atom stereocenters. The zero-order chi connectivity index (χ0) is 14.7. The number of esters is 2. The molecule has 0 bridgehead atoms. The number of hydrogen-bond acceptors (Lipinski definition) is 5. The quantitative estimate of drug-likeness (QED) is 0.488. The van der Waals surface area contributed by atoms with Crippen molar-refractivity contribution in [2.45, 2.75) is 71.5 Å². The Balaban J connectivity index is 4.36. The molecule has 0 rings (SSSR count). The van der Waals surface area contributed by atoms with Gasteiger partial charge in [0.05, 0.1) is 0 Å². The molecule has 1 N–H and O–H groups in total. The van der Waals surface area contributed by atoms with Gasteiger partial charge in [0.2, 0.25) is 0 Å². The average Bonchev–Trinajstić information content (AvgIpc) is 2.27. The number of unbranched alkanes of at least 4 members (excludes halogenated alkanes) is 2. The topological polar surface area (TPSA) is 72.8 Å². The Morgan fingerprint density at radius 1 is 1.00 bits per heavy atom. The molecule has 2 atom stereocenters. The Labute approximate surface area is 115 Å². The maximum atomic E-state index is 11.1. The van der Waals surface area contributed by atoms with Gasteiger partial charge < -0.3 is 14.6 Å². The van der Waals surface area contributed by atoms with Crippen LogP contribution in [0.25, 0.3) is 0 Å². The van der Waals surface area contributed by atoms with Crippen LogP contribution < -0.4 is 0 Å². The molecule has 0 fully saturated rings. The van der Waals surface area contributed by atoms with E-state index in [2.05, 4.69) is 6.92 Å². The van der Waals surface area contributed by atoms with Crippen molar-refractivity contribution in [3.8, 4) is 0 Å². The van der Waals surface area contributed by atoms with Gasteiger partial charge in [-0.15, -0.1) is 0 Å². The second-order valence-corrected chi connectivity index (χ2v) is 4.71. The molecule has 0 heterocycles. The van der Waals surface area contributed by atoms with Crippen molar-refractivity contribution in [1.82, 2.24) is 0 Å². The van der Waals surface area contributed by atoms with Gasteiger partial charge in [-0.3, -0.25) is 9.59 Å². The van der Waals surface area contributed by atoms with Crippen molar-refractivity contribution >= 4 is 11.9 Å². The smallest absolute Gasteiger partial charge is 0.302 e. The fourth-order valence-corrected chi connectivity index (χ4v) is 1.98. The monoisotopic (exact) mass is 274 g/mol. The first-order valence-corrected chi connectivity index (χ1v) is 6.94. The molecule has 0 aromatic rings. The van der Waals surface area contributed by atoms with Gasteiger partial charge in [0.15, 0.2) is 0 Å². The highest BCUT2D eigenvalue weighted by atomic mass is 16.6. The first-order chi connectivity index (χ1) is 8.99. The number of carbonyl (C=O) groups is 2. The summed E-state index contributed by atoms with van der Waals surface area (Å²) in [6.45, 7) is 4.76. The molecule has 0 amide bonds. The van der Waals surface area contributed by atoms with Crippen molar-refractivity contribution in [3.05, 3.63) is 0 Å². The molecule has 0 aliphatic heterocycles. The first-order valence-electron chi connectivity index (χ1n) is 6.94. The molecule has 112 valence electrons. The van der Waals surface area contributed by atoms with Crippen LogP contribution in [0.3, 0.4) is 0 Å². The Kier molecular flexibility index (Phi) is 10.2. The number of hydrogen-bond donors (Lipinski definition) is 1. The van der Waals surface area contributed by atoms with Crippen molar-refractivity contribution in [3.63, 3.8) is 0 Å². The highest BCUT2D eigenvalue weighted by molar-refractivity contribution is 5.66. The second kappa shape index (κ2) is 10.8. The van der Waals surface area contributed by atoms with Crippen LogP contribution in [0.15, 0.2) is 0 Å². The van der Waals surface area contributed by atoms with Gasteiger partial charge in [-0.05, 0) is 12.8 Å². The van der Waals surface area contributed by atoms with Gasteiger partial charge in [-0.1, -0.05) is 19.8 Å². The number of carbonyl (C=O) groups excluding carboxylic acids is 2. The molecule has 5 nitrogen and oxygen atoms in total. The standard InChI is InChI=1S/C14H26O5/c1-4-5-6-7-13(18-11(2)16)10-14(8-9-15)19-12(3)17/h13-15H,4-10H2,1-3H3/t13-,14-/m0/s1. The fourth-order valence-electron chi connectivity index (χ4n) is 1.98. The van der Waals surface area contributed by atoms with Crippen LogP contribution >= 0.6 is 0 Å². The van der Waals surface area contributed by atoms with E-state index in [0.717, 1.165) is 25.7 Å². The van der Waals surface area contributed by atoms with Crippen LogP contribution in [-0.2, 0) is 19.1 Å². The van der Waals surface area contributed by atoms with Gasteiger partial charge in [-0.25, -0.2) is 0 Å². The third-order valence-corrected chi connectivity index (χ3v) is 2.77. The summed E-state index contributed by atoms with van der Waals surface area (Å²) >= 11 is 0. The number of aliphatic hydroxyl groups excluding tert-OH is 1. The van der Waals surface area contributed by atoms with Crippen LogP contribution in [0.2, 0.25) is 0 Å². The minimum atomic E-state index is -0.395. The molecule has 0 radical (unpaired) electrons. The Morgan fingerprint density at radius 2 is 1.53 bits per heavy atom. The number of rotatable bonds is 10. The summed E-state index contributed by atoms with van der Waals surface area (Å²) in [6, 6.07) is 0. The largest absolute Gasteiger partial charge is 0.462 e. The lowest BCUT2D eigenvalue weighted by molar-refractivity contribution is -0.153. The number of ether oxygens (including phenoxy) is 2. The zero-order valence-corrected chi connectivity index (χ0v) is 12.2. The van der Waals surface area contributed by atoms with E-state index >= 15 is 0 Å². The molecule has 0 saturated heterocycles. The van der Waals surface area contributed by atoms with Crippen LogP contribution in [0, 0.1) is 0 Å². The van der Waals surface area contributed by atoms with E-state index in [9.17, 15) is 9.59 Å². The summed E-state index contributed by atoms with van der Waals surface area (Å²) in [5.74, 6) is -0.708. The van der Waals surface area contributed by atoms with E-state index in [1.807, 2.05) is 0 Å². The lowest BCUT2D eigenvalue weighted by Gasteiger charge is -2.22. The molecule has 0 aromatic heterocycles. The van der Waals surface area contributed by atoms with E-state index in [0.29, 0.717) is 12.8 Å². The fraction of sp³-hybridized carbons (Fsp3) is 0.857. The summed E-state index contributed by atoms with van der Waals surface area (Å²) < 4.78 is 10.4. The highest BCUT2D eigenvalue weighted by Gasteiger charge is 2.20. The average molecular weight is 274 g/mol. The number of aliphatic hydroxyl groups is 1. The minimum Gasteiger partial charge on any atom is -0.462 e. The second-order valence-electron chi connectivity index (χ2n) is 4.71. The van der Waals surface area contributed by atoms with Crippen LogP contribution in [0.1, 0.15) is 59.3 Å².